The number of hydrogen-bond donors (Lipinski definition) is 1. The highest BCUT2D eigenvalue weighted by molar-refractivity contribution is 6.36. The van der Waals surface area contributed by atoms with Gasteiger partial charge in [-0.1, -0.05) is 23.2 Å². The van der Waals surface area contributed by atoms with Crippen LogP contribution in [0.5, 0.6) is 0 Å². The molecule has 2 heterocycles. The van der Waals surface area contributed by atoms with Gasteiger partial charge in [0.05, 0.1) is 10.0 Å². The molecule has 2 rings (SSSR count). The summed E-state index contributed by atoms with van der Waals surface area (Å²) in [5.41, 5.74) is 0.238. The van der Waals surface area contributed by atoms with Crippen molar-refractivity contribution in [3.8, 4) is 0 Å². The number of likely N-dealkylation sites (tertiary alicyclic amines) is 1. The van der Waals surface area contributed by atoms with Crippen molar-refractivity contribution in [3.05, 3.63) is 28.0 Å². The summed E-state index contributed by atoms with van der Waals surface area (Å²) < 4.78 is 0. The van der Waals surface area contributed by atoms with E-state index in [1.165, 1.54) is 12.3 Å². The Kier molecular flexibility index (Phi) is 5.24. The number of nitrogens with zero attached hydrogens (tertiary/aromatic N) is 2. The molecule has 0 unspecified atom stereocenters. The van der Waals surface area contributed by atoms with Crippen molar-refractivity contribution in [2.75, 3.05) is 13.1 Å². The van der Waals surface area contributed by atoms with Crippen LogP contribution in [0.4, 0.5) is 0 Å². The van der Waals surface area contributed by atoms with Crippen molar-refractivity contribution >= 4 is 29.1 Å². The van der Waals surface area contributed by atoms with E-state index in [1.807, 2.05) is 0 Å². The smallest absolute Gasteiger partial charge is 0.271 e. The van der Waals surface area contributed by atoms with Gasteiger partial charge in [-0.15, -0.1) is 0 Å². The average Bonchev–Trinajstić information content (AvgIpc) is 2.39. The predicted molar refractivity (Wildman–Crippen MR) is 81.5 cm³/mol. The predicted octanol–water partition coefficient (Wildman–Crippen LogP) is 2.99. The zero-order valence-corrected chi connectivity index (χ0v) is 13.2. The SMILES string of the molecule is CC(C)N1CCC(NC(=O)c2ncc(Cl)cc2Cl)CC1. The summed E-state index contributed by atoms with van der Waals surface area (Å²) >= 11 is 11.8. The normalized spacial score (nSPS) is 17.4. The molecule has 0 spiro atoms. The number of hydrogen-bond acceptors (Lipinski definition) is 3. The van der Waals surface area contributed by atoms with E-state index in [0.717, 1.165) is 25.9 Å². The number of piperidine rings is 1. The first-order valence-electron chi connectivity index (χ1n) is 6.83. The molecule has 0 bridgehead atoms. The molecule has 1 aromatic heterocycles. The zero-order valence-electron chi connectivity index (χ0n) is 11.7. The van der Waals surface area contributed by atoms with Gasteiger partial charge in [-0.3, -0.25) is 4.79 Å². The molecule has 0 aromatic carbocycles. The molecule has 1 aromatic rings. The molecule has 20 heavy (non-hydrogen) atoms. The number of halogens is 2. The molecule has 4 nitrogen and oxygen atoms in total. The van der Waals surface area contributed by atoms with E-state index in [0.29, 0.717) is 11.1 Å². The lowest BCUT2D eigenvalue weighted by Gasteiger charge is -2.34. The fourth-order valence-electron chi connectivity index (χ4n) is 2.40. The molecule has 1 N–H and O–H groups in total. The highest BCUT2D eigenvalue weighted by Crippen LogP contribution is 2.19. The third kappa shape index (κ3) is 3.84. The summed E-state index contributed by atoms with van der Waals surface area (Å²) in [6.45, 7) is 6.39. The molecule has 0 saturated carbocycles. The summed E-state index contributed by atoms with van der Waals surface area (Å²) in [4.78, 5) is 18.6. The molecular weight excluding hydrogens is 297 g/mol. The van der Waals surface area contributed by atoms with Crippen LogP contribution in [-0.2, 0) is 0 Å². The minimum Gasteiger partial charge on any atom is -0.348 e. The molecule has 110 valence electrons. The monoisotopic (exact) mass is 315 g/mol. The third-order valence-corrected chi connectivity index (χ3v) is 4.11. The molecule has 0 radical (unpaired) electrons. The summed E-state index contributed by atoms with van der Waals surface area (Å²) in [7, 11) is 0. The van der Waals surface area contributed by atoms with Gasteiger partial charge in [-0.25, -0.2) is 4.98 Å². The number of nitrogens with one attached hydrogen (secondary N) is 1. The van der Waals surface area contributed by atoms with Crippen LogP contribution < -0.4 is 5.32 Å². The minimum atomic E-state index is -0.227. The van der Waals surface area contributed by atoms with Crippen molar-refractivity contribution in [2.24, 2.45) is 0 Å². The van der Waals surface area contributed by atoms with Gasteiger partial charge in [0.2, 0.25) is 0 Å². The number of carbonyl (C=O) groups is 1. The van der Waals surface area contributed by atoms with Crippen LogP contribution in [0.15, 0.2) is 12.3 Å². The second-order valence-corrected chi connectivity index (χ2v) is 6.21. The van der Waals surface area contributed by atoms with Gasteiger partial charge in [-0.05, 0) is 32.8 Å². The van der Waals surface area contributed by atoms with E-state index in [-0.39, 0.29) is 22.7 Å². The fourth-order valence-corrected chi connectivity index (χ4v) is 2.86. The molecule has 1 aliphatic heterocycles. The lowest BCUT2D eigenvalue weighted by Crippen LogP contribution is -2.46. The van der Waals surface area contributed by atoms with E-state index in [2.05, 4.69) is 29.0 Å². The fraction of sp³-hybridized carbons (Fsp3) is 0.571. The van der Waals surface area contributed by atoms with Crippen molar-refractivity contribution in [1.82, 2.24) is 15.2 Å². The topological polar surface area (TPSA) is 45.2 Å². The van der Waals surface area contributed by atoms with Gasteiger partial charge in [0.25, 0.3) is 5.91 Å². The number of carbonyl (C=O) groups excluding carboxylic acids is 1. The maximum atomic E-state index is 12.1. The van der Waals surface area contributed by atoms with Gasteiger partial charge >= 0.3 is 0 Å². The zero-order chi connectivity index (χ0) is 14.7. The molecule has 0 aliphatic carbocycles. The summed E-state index contributed by atoms with van der Waals surface area (Å²) in [6, 6.07) is 2.27. The van der Waals surface area contributed by atoms with Crippen molar-refractivity contribution in [3.63, 3.8) is 0 Å². The summed E-state index contributed by atoms with van der Waals surface area (Å²) in [5, 5.41) is 3.71. The van der Waals surface area contributed by atoms with Crippen molar-refractivity contribution in [2.45, 2.75) is 38.8 Å². The number of rotatable bonds is 3. The van der Waals surface area contributed by atoms with Gasteiger partial charge in [0.15, 0.2) is 0 Å². The average molecular weight is 316 g/mol. The Morgan fingerprint density at radius 2 is 2.05 bits per heavy atom. The van der Waals surface area contributed by atoms with Crippen LogP contribution in [0.3, 0.4) is 0 Å². The largest absolute Gasteiger partial charge is 0.348 e. The first-order chi connectivity index (χ1) is 9.47. The number of amides is 1. The van der Waals surface area contributed by atoms with Gasteiger partial charge in [0, 0.05) is 31.4 Å². The van der Waals surface area contributed by atoms with Crippen LogP contribution in [0.25, 0.3) is 0 Å². The summed E-state index contributed by atoms with van der Waals surface area (Å²) in [5.74, 6) is -0.227. The van der Waals surface area contributed by atoms with Crippen molar-refractivity contribution < 1.29 is 4.79 Å². The molecule has 1 amide bonds. The Bertz CT molecular complexity index is 485. The van der Waals surface area contributed by atoms with Gasteiger partial charge in [0.1, 0.15) is 5.69 Å². The van der Waals surface area contributed by atoms with Crippen molar-refractivity contribution in [1.29, 1.82) is 0 Å². The first-order valence-corrected chi connectivity index (χ1v) is 7.59. The molecular formula is C14H19Cl2N3O. The van der Waals surface area contributed by atoms with E-state index < -0.39 is 0 Å². The molecule has 6 heteroatoms. The number of aromatic nitrogens is 1. The quantitative estimate of drug-likeness (QED) is 0.932. The highest BCUT2D eigenvalue weighted by Gasteiger charge is 2.23. The number of pyridine rings is 1. The second kappa shape index (κ2) is 6.74. The standard InChI is InChI=1S/C14H19Cl2N3O/c1-9(2)19-5-3-11(4-6-19)18-14(20)13-12(16)7-10(15)8-17-13/h7-9,11H,3-6H2,1-2H3,(H,18,20). The Hall–Kier alpha value is -0.840. The Morgan fingerprint density at radius 3 is 2.60 bits per heavy atom. The summed E-state index contributed by atoms with van der Waals surface area (Å²) in [6.07, 6.45) is 3.34. The van der Waals surface area contributed by atoms with Gasteiger partial charge < -0.3 is 10.2 Å². The van der Waals surface area contributed by atoms with Crippen LogP contribution in [-0.4, -0.2) is 41.0 Å². The van der Waals surface area contributed by atoms with E-state index in [9.17, 15) is 4.79 Å². The lowest BCUT2D eigenvalue weighted by atomic mass is 10.0. The van der Waals surface area contributed by atoms with Gasteiger partial charge in [-0.2, -0.15) is 0 Å². The van der Waals surface area contributed by atoms with Crippen LogP contribution in [0.1, 0.15) is 37.2 Å². The minimum absolute atomic E-state index is 0.186. The maximum absolute atomic E-state index is 12.1. The van der Waals surface area contributed by atoms with Crippen LogP contribution in [0.2, 0.25) is 10.0 Å². The van der Waals surface area contributed by atoms with E-state index >= 15 is 0 Å². The Labute approximate surface area is 129 Å². The highest BCUT2D eigenvalue weighted by atomic mass is 35.5. The van der Waals surface area contributed by atoms with E-state index in [4.69, 9.17) is 23.2 Å². The lowest BCUT2D eigenvalue weighted by molar-refractivity contribution is 0.0896. The second-order valence-electron chi connectivity index (χ2n) is 5.36. The molecule has 1 saturated heterocycles. The van der Waals surface area contributed by atoms with Crippen LogP contribution in [0, 0.1) is 0 Å². The Balaban J connectivity index is 1.92. The molecule has 1 aliphatic rings. The Morgan fingerprint density at radius 1 is 1.40 bits per heavy atom. The molecule has 0 atom stereocenters. The maximum Gasteiger partial charge on any atom is 0.271 e. The molecule has 1 fully saturated rings. The van der Waals surface area contributed by atoms with E-state index in [1.54, 1.807) is 0 Å². The van der Waals surface area contributed by atoms with Crippen LogP contribution >= 0.6 is 23.2 Å². The third-order valence-electron chi connectivity index (χ3n) is 3.62. The first kappa shape index (κ1) is 15.5.